The molecule has 0 fully saturated rings. The van der Waals surface area contributed by atoms with Crippen LogP contribution in [0.4, 0.5) is 10.5 Å². The molecular weight excluding hydrogens is 316 g/mol. The third-order valence-corrected chi connectivity index (χ3v) is 3.95. The number of rotatable bonds is 5. The minimum atomic E-state index is -0.496. The van der Waals surface area contributed by atoms with E-state index in [4.69, 9.17) is 10.5 Å². The molecule has 0 saturated heterocycles. The average molecular weight is 348 g/mol. The molecule has 0 aliphatic rings. The third-order valence-electron chi connectivity index (χ3n) is 3.95. The largest absolute Gasteiger partial charge is 0.444 e. The normalized spacial score (nSPS) is 13.3. The van der Waals surface area contributed by atoms with Crippen LogP contribution in [0.1, 0.15) is 45.2 Å². The molecule has 0 aliphatic heterocycles. The van der Waals surface area contributed by atoms with E-state index in [9.17, 15) is 4.79 Å². The fourth-order valence-corrected chi connectivity index (χ4v) is 2.09. The van der Waals surface area contributed by atoms with Gasteiger partial charge in [-0.15, -0.1) is 0 Å². The van der Waals surface area contributed by atoms with Crippen molar-refractivity contribution in [3.63, 3.8) is 0 Å². The summed E-state index contributed by atoms with van der Waals surface area (Å²) < 4.78 is 5.36. The Morgan fingerprint density at radius 3 is 2.52 bits per heavy atom. The molecule has 3 N–H and O–H groups in total. The summed E-state index contributed by atoms with van der Waals surface area (Å²) in [6.07, 6.45) is 0.371. The first-order valence-corrected chi connectivity index (χ1v) is 8.59. The third kappa shape index (κ3) is 7.45. The van der Waals surface area contributed by atoms with E-state index in [-0.39, 0.29) is 12.1 Å². The van der Waals surface area contributed by atoms with E-state index in [0.29, 0.717) is 18.9 Å². The van der Waals surface area contributed by atoms with Crippen LogP contribution >= 0.6 is 0 Å². The van der Waals surface area contributed by atoms with Crippen molar-refractivity contribution in [3.8, 4) is 0 Å². The molecule has 6 heteroatoms. The Morgan fingerprint density at radius 2 is 1.96 bits per heavy atom. The molecule has 25 heavy (non-hydrogen) atoms. The van der Waals surface area contributed by atoms with Crippen molar-refractivity contribution < 1.29 is 9.53 Å². The van der Waals surface area contributed by atoms with Crippen LogP contribution in [0.3, 0.4) is 0 Å². The maximum absolute atomic E-state index is 12.0. The number of carbonyl (C=O) groups excluding carboxylic acids is 1. The lowest BCUT2D eigenvalue weighted by Gasteiger charge is -2.28. The molecule has 0 spiro atoms. The van der Waals surface area contributed by atoms with Gasteiger partial charge in [0, 0.05) is 25.3 Å². The molecule has 6 nitrogen and oxygen atoms in total. The van der Waals surface area contributed by atoms with Crippen LogP contribution in [0, 0.1) is 13.8 Å². The topological polar surface area (TPSA) is 80.0 Å². The minimum Gasteiger partial charge on any atom is -0.444 e. The Labute approximate surface area is 151 Å². The molecule has 140 valence electrons. The second-order valence-corrected chi connectivity index (χ2v) is 7.42. The lowest BCUT2D eigenvalue weighted by atomic mass is 10.1. The zero-order valence-corrected chi connectivity index (χ0v) is 16.5. The number of nitrogens with one attached hydrogen (secondary N) is 1. The van der Waals surface area contributed by atoms with Crippen molar-refractivity contribution in [1.82, 2.24) is 4.90 Å². The summed E-state index contributed by atoms with van der Waals surface area (Å²) in [6, 6.07) is 6.07. The number of amides is 1. The maximum Gasteiger partial charge on any atom is 0.410 e. The highest BCUT2D eigenvalue weighted by molar-refractivity contribution is 5.92. The van der Waals surface area contributed by atoms with Crippen molar-refractivity contribution >= 4 is 17.7 Å². The van der Waals surface area contributed by atoms with Gasteiger partial charge in [-0.1, -0.05) is 6.07 Å². The van der Waals surface area contributed by atoms with E-state index >= 15 is 0 Å². The second kappa shape index (κ2) is 8.74. The molecule has 1 aromatic carbocycles. The van der Waals surface area contributed by atoms with Crippen molar-refractivity contribution in [3.05, 3.63) is 29.3 Å². The zero-order valence-electron chi connectivity index (χ0n) is 16.5. The first-order valence-electron chi connectivity index (χ1n) is 8.59. The molecule has 1 rings (SSSR count). The van der Waals surface area contributed by atoms with E-state index < -0.39 is 5.60 Å². The summed E-state index contributed by atoms with van der Waals surface area (Å²) in [4.78, 5) is 18.0. The van der Waals surface area contributed by atoms with Crippen LogP contribution in [0.25, 0.3) is 0 Å². The van der Waals surface area contributed by atoms with E-state index in [0.717, 1.165) is 5.69 Å². The molecule has 0 heterocycles. The molecule has 0 aliphatic carbocycles. The van der Waals surface area contributed by atoms with Gasteiger partial charge in [-0.05, 0) is 71.2 Å². The number of hydrogen-bond acceptors (Lipinski definition) is 3. The Morgan fingerprint density at radius 1 is 1.32 bits per heavy atom. The van der Waals surface area contributed by atoms with Gasteiger partial charge in [0.1, 0.15) is 5.60 Å². The lowest BCUT2D eigenvalue weighted by molar-refractivity contribution is 0.0231. The highest BCUT2D eigenvalue weighted by Crippen LogP contribution is 2.14. The highest BCUT2D eigenvalue weighted by atomic mass is 16.6. The number of aryl methyl sites for hydroxylation is 2. The summed E-state index contributed by atoms with van der Waals surface area (Å²) in [5, 5.41) is 3.09. The fraction of sp³-hybridized carbons (Fsp3) is 0.579. The Bertz CT molecular complexity index is 620. The van der Waals surface area contributed by atoms with Crippen LogP contribution < -0.4 is 11.1 Å². The summed E-state index contributed by atoms with van der Waals surface area (Å²) in [6.45, 7) is 12.2. The summed E-state index contributed by atoms with van der Waals surface area (Å²) in [5.41, 5.74) is 8.79. The Balaban J connectivity index is 2.49. The van der Waals surface area contributed by atoms with Crippen LogP contribution in [-0.2, 0) is 4.74 Å². The summed E-state index contributed by atoms with van der Waals surface area (Å²) >= 11 is 0. The van der Waals surface area contributed by atoms with E-state index in [2.05, 4.69) is 24.2 Å². The Hall–Kier alpha value is -2.24. The average Bonchev–Trinajstić information content (AvgIpc) is 2.48. The van der Waals surface area contributed by atoms with Crippen molar-refractivity contribution in [2.75, 3.05) is 18.9 Å². The monoisotopic (exact) mass is 348 g/mol. The molecule has 0 aromatic heterocycles. The molecule has 1 amide bonds. The van der Waals surface area contributed by atoms with Crippen LogP contribution in [0.15, 0.2) is 23.2 Å². The number of carbonyl (C=O) groups is 1. The first kappa shape index (κ1) is 20.8. The molecular formula is C19H32N4O2. The number of aliphatic imine (C=N–C) groups is 1. The second-order valence-electron chi connectivity index (χ2n) is 7.42. The first-order chi connectivity index (χ1) is 11.5. The van der Waals surface area contributed by atoms with Gasteiger partial charge < -0.3 is 20.7 Å². The van der Waals surface area contributed by atoms with Gasteiger partial charge in [-0.25, -0.2) is 4.79 Å². The van der Waals surface area contributed by atoms with Gasteiger partial charge in [0.15, 0.2) is 5.96 Å². The van der Waals surface area contributed by atoms with Gasteiger partial charge >= 0.3 is 6.09 Å². The van der Waals surface area contributed by atoms with Gasteiger partial charge in [0.2, 0.25) is 0 Å². The van der Waals surface area contributed by atoms with Gasteiger partial charge in [-0.2, -0.15) is 0 Å². The van der Waals surface area contributed by atoms with Gasteiger partial charge in [-0.3, -0.25) is 4.99 Å². The van der Waals surface area contributed by atoms with E-state index in [1.807, 2.05) is 45.9 Å². The Kier molecular flexibility index (Phi) is 7.27. The molecule has 0 saturated carbocycles. The number of nitrogens with zero attached hydrogens (tertiary/aromatic N) is 2. The number of hydrogen-bond donors (Lipinski definition) is 2. The number of nitrogens with two attached hydrogens (primary N) is 1. The molecule has 0 radical (unpaired) electrons. The number of benzene rings is 1. The van der Waals surface area contributed by atoms with Crippen molar-refractivity contribution in [2.45, 2.75) is 59.6 Å². The summed E-state index contributed by atoms with van der Waals surface area (Å²) in [7, 11) is 1.74. The number of anilines is 1. The molecule has 1 atom stereocenters. The van der Waals surface area contributed by atoms with E-state index in [1.54, 1.807) is 11.9 Å². The van der Waals surface area contributed by atoms with Crippen LogP contribution in [0.5, 0.6) is 0 Å². The molecule has 1 unspecified atom stereocenters. The van der Waals surface area contributed by atoms with E-state index in [1.165, 1.54) is 11.1 Å². The molecule has 0 bridgehead atoms. The summed E-state index contributed by atoms with van der Waals surface area (Å²) in [5.74, 6) is 0.371. The smallest absolute Gasteiger partial charge is 0.410 e. The standard InChI is InChI=1S/C19H32N4O2/c1-13-8-9-16(12-14(13)2)22-17(20)21-11-10-15(3)23(7)18(24)25-19(4,5)6/h8-9,12,15H,10-11H2,1-7H3,(H3,20,21,22). The quantitative estimate of drug-likeness (QED) is 0.628. The SMILES string of the molecule is Cc1ccc(NC(N)=NCCC(C)N(C)C(=O)OC(C)(C)C)cc1C. The van der Waals surface area contributed by atoms with Gasteiger partial charge in [0.05, 0.1) is 0 Å². The zero-order chi connectivity index (χ0) is 19.2. The van der Waals surface area contributed by atoms with Crippen molar-refractivity contribution in [1.29, 1.82) is 0 Å². The highest BCUT2D eigenvalue weighted by Gasteiger charge is 2.22. The minimum absolute atomic E-state index is 0.00743. The predicted molar refractivity (Wildman–Crippen MR) is 104 cm³/mol. The van der Waals surface area contributed by atoms with Crippen LogP contribution in [0.2, 0.25) is 0 Å². The lowest BCUT2D eigenvalue weighted by Crippen LogP contribution is -2.39. The predicted octanol–water partition coefficient (Wildman–Crippen LogP) is 3.68. The number of guanidine groups is 1. The maximum atomic E-state index is 12.0. The number of ether oxygens (including phenoxy) is 1. The molecule has 1 aromatic rings. The van der Waals surface area contributed by atoms with Gasteiger partial charge in [0.25, 0.3) is 0 Å². The fourth-order valence-electron chi connectivity index (χ4n) is 2.09. The van der Waals surface area contributed by atoms with Crippen molar-refractivity contribution in [2.24, 2.45) is 10.7 Å². The van der Waals surface area contributed by atoms with Crippen LogP contribution in [-0.4, -0.2) is 42.2 Å².